The fourth-order valence-corrected chi connectivity index (χ4v) is 3.75. The summed E-state index contributed by atoms with van der Waals surface area (Å²) in [7, 11) is 3.32. The largest absolute Gasteiger partial charge is 0.493 e. The van der Waals surface area contributed by atoms with Gasteiger partial charge < -0.3 is 9.47 Å². The summed E-state index contributed by atoms with van der Waals surface area (Å²) in [5, 5.41) is 12.8. The van der Waals surface area contributed by atoms with E-state index < -0.39 is 0 Å². The fraction of sp³-hybridized carbons (Fsp3) is 0.450. The number of piperidine rings is 1. The number of aromatic nitrogens is 6. The highest BCUT2D eigenvalue weighted by Gasteiger charge is 2.22. The highest BCUT2D eigenvalue weighted by molar-refractivity contribution is 5.44. The van der Waals surface area contributed by atoms with Crippen molar-refractivity contribution in [2.45, 2.75) is 25.9 Å². The number of tetrazole rings is 1. The molecule has 0 bridgehead atoms. The van der Waals surface area contributed by atoms with Crippen LogP contribution in [-0.2, 0) is 13.1 Å². The molecule has 9 nitrogen and oxygen atoms in total. The first kappa shape index (κ1) is 19.3. The normalized spacial score (nSPS) is 17.2. The van der Waals surface area contributed by atoms with Crippen molar-refractivity contribution in [3.63, 3.8) is 0 Å². The number of hydrogen-bond acceptors (Lipinski definition) is 8. The van der Waals surface area contributed by atoms with E-state index >= 15 is 0 Å². The van der Waals surface area contributed by atoms with Crippen molar-refractivity contribution in [3.8, 4) is 23.0 Å². The van der Waals surface area contributed by atoms with Crippen LogP contribution in [0.25, 0.3) is 11.5 Å². The summed E-state index contributed by atoms with van der Waals surface area (Å²) >= 11 is 0. The Morgan fingerprint density at radius 1 is 1.14 bits per heavy atom. The second kappa shape index (κ2) is 8.95. The Hall–Kier alpha value is -3.07. The van der Waals surface area contributed by atoms with Gasteiger partial charge in [0.25, 0.3) is 0 Å². The van der Waals surface area contributed by atoms with Crippen LogP contribution in [0, 0.1) is 5.92 Å². The highest BCUT2D eigenvalue weighted by Crippen LogP contribution is 2.29. The van der Waals surface area contributed by atoms with E-state index in [1.165, 1.54) is 5.56 Å². The first-order chi connectivity index (χ1) is 14.2. The quantitative estimate of drug-likeness (QED) is 0.600. The van der Waals surface area contributed by atoms with Crippen molar-refractivity contribution in [1.82, 2.24) is 35.1 Å². The Kier molecular flexibility index (Phi) is 5.95. The van der Waals surface area contributed by atoms with E-state index in [4.69, 9.17) is 9.47 Å². The SMILES string of the molecule is COc1ccc(CN2CCC[C@@H](Cn3nnc(-c4cnccn4)n3)C2)cc1OC. The van der Waals surface area contributed by atoms with E-state index in [9.17, 15) is 0 Å². The minimum Gasteiger partial charge on any atom is -0.493 e. The van der Waals surface area contributed by atoms with Crippen molar-refractivity contribution >= 4 is 0 Å². The van der Waals surface area contributed by atoms with Gasteiger partial charge in [-0.05, 0) is 48.2 Å². The molecular weight excluding hydrogens is 370 g/mol. The molecule has 1 aliphatic heterocycles. The van der Waals surface area contributed by atoms with Gasteiger partial charge in [-0.15, -0.1) is 10.2 Å². The smallest absolute Gasteiger partial charge is 0.224 e. The van der Waals surface area contributed by atoms with Gasteiger partial charge in [-0.2, -0.15) is 4.80 Å². The van der Waals surface area contributed by atoms with Gasteiger partial charge in [-0.1, -0.05) is 6.07 Å². The Morgan fingerprint density at radius 2 is 2.03 bits per heavy atom. The van der Waals surface area contributed by atoms with Gasteiger partial charge in [0.2, 0.25) is 5.82 Å². The van der Waals surface area contributed by atoms with Crippen molar-refractivity contribution in [2.24, 2.45) is 5.92 Å². The molecule has 4 rings (SSSR count). The Labute approximate surface area is 169 Å². The van der Waals surface area contributed by atoms with Crippen LogP contribution < -0.4 is 9.47 Å². The zero-order chi connectivity index (χ0) is 20.1. The molecule has 1 atom stereocenters. The summed E-state index contributed by atoms with van der Waals surface area (Å²) in [6, 6.07) is 6.11. The monoisotopic (exact) mass is 395 g/mol. The third kappa shape index (κ3) is 4.68. The molecular formula is C20H25N7O2. The first-order valence-corrected chi connectivity index (χ1v) is 9.72. The van der Waals surface area contributed by atoms with E-state index in [1.54, 1.807) is 37.6 Å². The molecule has 2 aromatic heterocycles. The minimum absolute atomic E-state index is 0.479. The molecule has 1 aliphatic rings. The zero-order valence-electron chi connectivity index (χ0n) is 16.7. The summed E-state index contributed by atoms with van der Waals surface area (Å²) in [5.41, 5.74) is 1.85. The molecule has 0 saturated carbocycles. The maximum atomic E-state index is 5.43. The lowest BCUT2D eigenvalue weighted by molar-refractivity contribution is 0.149. The highest BCUT2D eigenvalue weighted by atomic mass is 16.5. The molecule has 0 spiro atoms. The van der Waals surface area contributed by atoms with E-state index in [-0.39, 0.29) is 0 Å². The first-order valence-electron chi connectivity index (χ1n) is 9.72. The van der Waals surface area contributed by atoms with Crippen LogP contribution in [0.2, 0.25) is 0 Å². The minimum atomic E-state index is 0.479. The molecule has 9 heteroatoms. The van der Waals surface area contributed by atoms with Gasteiger partial charge in [0.05, 0.1) is 27.0 Å². The van der Waals surface area contributed by atoms with Gasteiger partial charge in [-0.25, -0.2) is 4.98 Å². The maximum absolute atomic E-state index is 5.43. The molecule has 29 heavy (non-hydrogen) atoms. The van der Waals surface area contributed by atoms with Gasteiger partial charge >= 0.3 is 0 Å². The molecule has 1 saturated heterocycles. The summed E-state index contributed by atoms with van der Waals surface area (Å²) in [5.74, 6) is 2.51. The average molecular weight is 395 g/mol. The Morgan fingerprint density at radius 3 is 2.83 bits per heavy atom. The zero-order valence-corrected chi connectivity index (χ0v) is 16.7. The number of methoxy groups -OCH3 is 2. The summed E-state index contributed by atoms with van der Waals surface area (Å²) in [4.78, 5) is 12.4. The van der Waals surface area contributed by atoms with Gasteiger partial charge in [0.15, 0.2) is 11.5 Å². The van der Waals surface area contributed by atoms with Gasteiger partial charge in [-0.3, -0.25) is 9.88 Å². The molecule has 1 aromatic carbocycles. The lowest BCUT2D eigenvalue weighted by Gasteiger charge is -2.32. The standard InChI is InChI=1S/C20H25N7O2/c1-28-18-6-5-15(10-19(18)29-2)12-26-9-3-4-16(13-26)14-27-24-20(23-25-27)17-11-21-7-8-22-17/h5-8,10-11,16H,3-4,9,12-14H2,1-2H3/t16-/m1/s1. The molecule has 0 N–H and O–H groups in total. The fourth-order valence-electron chi connectivity index (χ4n) is 3.75. The van der Waals surface area contributed by atoms with Crippen LogP contribution in [0.15, 0.2) is 36.8 Å². The van der Waals surface area contributed by atoms with Gasteiger partial charge in [0, 0.05) is 25.5 Å². The average Bonchev–Trinajstić information content (AvgIpc) is 3.23. The van der Waals surface area contributed by atoms with Crippen LogP contribution in [0.4, 0.5) is 0 Å². The molecule has 3 heterocycles. The number of rotatable bonds is 7. The van der Waals surface area contributed by atoms with E-state index in [1.807, 2.05) is 6.07 Å². The van der Waals surface area contributed by atoms with Crippen molar-refractivity contribution in [3.05, 3.63) is 42.4 Å². The third-order valence-corrected chi connectivity index (χ3v) is 5.12. The molecule has 0 aliphatic carbocycles. The number of hydrogen-bond donors (Lipinski definition) is 0. The Balaban J connectivity index is 1.37. The van der Waals surface area contributed by atoms with Crippen LogP contribution in [0.5, 0.6) is 11.5 Å². The van der Waals surface area contributed by atoms with Crippen LogP contribution in [-0.4, -0.2) is 62.4 Å². The van der Waals surface area contributed by atoms with Crippen LogP contribution in [0.3, 0.4) is 0 Å². The van der Waals surface area contributed by atoms with E-state index in [0.717, 1.165) is 50.5 Å². The van der Waals surface area contributed by atoms with E-state index in [2.05, 4.69) is 42.4 Å². The lowest BCUT2D eigenvalue weighted by Crippen LogP contribution is -2.36. The third-order valence-electron chi connectivity index (χ3n) is 5.12. The summed E-state index contributed by atoms with van der Waals surface area (Å²) in [6.45, 7) is 3.71. The maximum Gasteiger partial charge on any atom is 0.224 e. The van der Waals surface area contributed by atoms with Crippen LogP contribution in [0.1, 0.15) is 18.4 Å². The predicted molar refractivity (Wildman–Crippen MR) is 106 cm³/mol. The molecule has 0 unspecified atom stereocenters. The Bertz CT molecular complexity index is 932. The van der Waals surface area contributed by atoms with Crippen molar-refractivity contribution in [2.75, 3.05) is 27.3 Å². The number of likely N-dealkylation sites (tertiary alicyclic amines) is 1. The molecule has 0 radical (unpaired) electrons. The second-order valence-electron chi connectivity index (χ2n) is 7.19. The summed E-state index contributed by atoms with van der Waals surface area (Å²) < 4.78 is 10.8. The van der Waals surface area contributed by atoms with Crippen molar-refractivity contribution < 1.29 is 9.47 Å². The number of nitrogens with zero attached hydrogens (tertiary/aromatic N) is 7. The molecule has 152 valence electrons. The molecule has 3 aromatic rings. The topological polar surface area (TPSA) is 91.1 Å². The van der Waals surface area contributed by atoms with E-state index in [0.29, 0.717) is 17.4 Å². The van der Waals surface area contributed by atoms with Crippen molar-refractivity contribution in [1.29, 1.82) is 0 Å². The predicted octanol–water partition coefficient (Wildman–Crippen LogP) is 2.06. The summed E-state index contributed by atoms with van der Waals surface area (Å²) in [6.07, 6.45) is 7.22. The molecule has 0 amide bonds. The number of benzene rings is 1. The van der Waals surface area contributed by atoms with Gasteiger partial charge in [0.1, 0.15) is 5.69 Å². The second-order valence-corrected chi connectivity index (χ2v) is 7.19. The number of ether oxygens (including phenoxy) is 2. The molecule has 1 fully saturated rings. The lowest BCUT2D eigenvalue weighted by atomic mass is 9.97. The van der Waals surface area contributed by atoms with Crippen LogP contribution >= 0.6 is 0 Å².